The zero-order chi connectivity index (χ0) is 25.8. The molecule has 2 aromatic rings. The van der Waals surface area contributed by atoms with Gasteiger partial charge in [0.1, 0.15) is 11.6 Å². The number of benzene rings is 2. The maximum Gasteiger partial charge on any atom is 0.223 e. The summed E-state index contributed by atoms with van der Waals surface area (Å²) in [7, 11) is 0.473. The molecule has 2 rings (SSSR count). The highest BCUT2D eigenvalue weighted by atomic mass is 32.2. The van der Waals surface area contributed by atoms with Gasteiger partial charge in [-0.25, -0.2) is 8.78 Å². The maximum absolute atomic E-state index is 13.6. The van der Waals surface area contributed by atoms with Crippen molar-refractivity contribution in [3.05, 3.63) is 70.8 Å². The molecule has 3 atom stereocenters. The molecular weight excluding hydrogens is 470 g/mol. The average Bonchev–Trinajstić information content (AvgIpc) is 2.83. The minimum absolute atomic E-state index is 0.122. The van der Waals surface area contributed by atoms with Crippen LogP contribution in [-0.4, -0.2) is 52.3 Å². The summed E-state index contributed by atoms with van der Waals surface area (Å²) in [6, 6.07) is 10.8. The third kappa shape index (κ3) is 10.2. The molecule has 0 saturated heterocycles. The first-order valence-electron chi connectivity index (χ1n) is 12.2. The third-order valence-electron chi connectivity index (χ3n) is 5.97. The molecule has 0 radical (unpaired) electrons. The Balaban J connectivity index is 2.15. The van der Waals surface area contributed by atoms with Crippen LogP contribution in [0.4, 0.5) is 8.78 Å². The second-order valence-electron chi connectivity index (χ2n) is 8.82. The van der Waals surface area contributed by atoms with E-state index in [0.717, 1.165) is 30.9 Å². The van der Waals surface area contributed by atoms with Crippen molar-refractivity contribution < 1.29 is 22.5 Å². The number of amides is 1. The van der Waals surface area contributed by atoms with Crippen molar-refractivity contribution in [3.8, 4) is 0 Å². The highest BCUT2D eigenvalue weighted by Crippen LogP contribution is 2.15. The van der Waals surface area contributed by atoms with Crippen LogP contribution in [-0.2, 0) is 39.7 Å². The van der Waals surface area contributed by atoms with E-state index < -0.39 is 34.6 Å². The largest absolute Gasteiger partial charge is 0.378 e. The minimum atomic E-state index is -1.04. The molecule has 0 saturated carbocycles. The second kappa shape index (κ2) is 15.1. The molecule has 2 aromatic carbocycles. The monoisotopic (exact) mass is 508 g/mol. The molecule has 0 spiro atoms. The third-order valence-corrected chi connectivity index (χ3v) is 7.37. The minimum Gasteiger partial charge on any atom is -0.378 e. The Morgan fingerprint density at radius 3 is 2.37 bits per heavy atom. The smallest absolute Gasteiger partial charge is 0.223 e. The van der Waals surface area contributed by atoms with E-state index in [0.29, 0.717) is 23.6 Å². The number of carbonyl (C=O) groups excluding carboxylic acids is 1. The Bertz CT molecular complexity index is 953. The predicted octanol–water partition coefficient (Wildman–Crippen LogP) is 4.38. The molecule has 0 aliphatic carbocycles. The SMILES string of the molecule is CCCCS(=O)CCC(=O)N(Cc1cccc(CC)c1)C[C@@H](OC)[C@@H](N)Cc1cc(F)cc(F)c1. The zero-order valence-electron chi connectivity index (χ0n) is 21.0. The number of nitrogens with zero attached hydrogens (tertiary/aromatic N) is 1. The number of hydrogen-bond donors (Lipinski definition) is 1. The fourth-order valence-electron chi connectivity index (χ4n) is 3.92. The summed E-state index contributed by atoms with van der Waals surface area (Å²) < 4.78 is 45.1. The number of carbonyl (C=O) groups is 1. The van der Waals surface area contributed by atoms with Gasteiger partial charge in [0.15, 0.2) is 0 Å². The molecule has 2 N–H and O–H groups in total. The first-order valence-corrected chi connectivity index (χ1v) is 13.7. The molecule has 1 unspecified atom stereocenters. The van der Waals surface area contributed by atoms with Gasteiger partial charge in [-0.05, 0) is 48.1 Å². The molecule has 5 nitrogen and oxygen atoms in total. The molecule has 0 aliphatic rings. The van der Waals surface area contributed by atoms with E-state index in [2.05, 4.69) is 13.0 Å². The first kappa shape index (κ1) is 29.1. The van der Waals surface area contributed by atoms with Gasteiger partial charge in [-0.1, -0.05) is 44.5 Å². The lowest BCUT2D eigenvalue weighted by Crippen LogP contribution is -2.47. The van der Waals surface area contributed by atoms with Crippen LogP contribution in [0, 0.1) is 11.6 Å². The Kier molecular flexibility index (Phi) is 12.5. The molecular formula is C27H38F2N2O3S. The molecule has 1 amide bonds. The molecule has 8 heteroatoms. The van der Waals surface area contributed by atoms with Crippen LogP contribution in [0.3, 0.4) is 0 Å². The Labute approximate surface area is 210 Å². The maximum atomic E-state index is 13.6. The van der Waals surface area contributed by atoms with Crippen molar-refractivity contribution in [2.75, 3.05) is 25.2 Å². The molecule has 0 fully saturated rings. The second-order valence-corrected chi connectivity index (χ2v) is 10.5. The van der Waals surface area contributed by atoms with Gasteiger partial charge in [-0.15, -0.1) is 0 Å². The van der Waals surface area contributed by atoms with Crippen LogP contribution in [0.2, 0.25) is 0 Å². The van der Waals surface area contributed by atoms with E-state index >= 15 is 0 Å². The van der Waals surface area contributed by atoms with Crippen molar-refractivity contribution in [2.45, 2.75) is 64.6 Å². The summed E-state index contributed by atoms with van der Waals surface area (Å²) in [4.78, 5) is 14.9. The summed E-state index contributed by atoms with van der Waals surface area (Å²) in [5.74, 6) is -0.535. The summed E-state index contributed by atoms with van der Waals surface area (Å²) in [5, 5.41) is 0. The molecule has 0 aromatic heterocycles. The standard InChI is InChI=1S/C27H38F2N2O3S/c1-4-6-11-35(33)12-10-27(32)31(18-21-9-7-8-20(5-2)13-21)19-26(34-3)25(30)16-22-14-23(28)17-24(29)15-22/h7-9,13-15,17,25-26H,4-6,10-12,16,18-19,30H2,1-3H3/t25-,26+,35?/m0/s1. The zero-order valence-corrected chi connectivity index (χ0v) is 21.8. The molecule has 0 heterocycles. The van der Waals surface area contributed by atoms with Crippen molar-refractivity contribution in [3.63, 3.8) is 0 Å². The van der Waals surface area contributed by atoms with Crippen molar-refractivity contribution >= 4 is 16.7 Å². The van der Waals surface area contributed by atoms with E-state index in [9.17, 15) is 17.8 Å². The van der Waals surface area contributed by atoms with Crippen molar-refractivity contribution in [1.82, 2.24) is 4.90 Å². The highest BCUT2D eigenvalue weighted by molar-refractivity contribution is 7.84. The van der Waals surface area contributed by atoms with Crippen LogP contribution >= 0.6 is 0 Å². The highest BCUT2D eigenvalue weighted by Gasteiger charge is 2.25. The van der Waals surface area contributed by atoms with Gasteiger partial charge >= 0.3 is 0 Å². The van der Waals surface area contributed by atoms with E-state index in [1.165, 1.54) is 24.8 Å². The van der Waals surface area contributed by atoms with Crippen LogP contribution in [0.25, 0.3) is 0 Å². The Hall–Kier alpha value is -2.16. The van der Waals surface area contributed by atoms with Gasteiger partial charge in [-0.3, -0.25) is 9.00 Å². The lowest BCUT2D eigenvalue weighted by atomic mass is 10.0. The number of methoxy groups -OCH3 is 1. The van der Waals surface area contributed by atoms with Gasteiger partial charge in [0.25, 0.3) is 0 Å². The van der Waals surface area contributed by atoms with Crippen LogP contribution < -0.4 is 5.73 Å². The molecule has 35 heavy (non-hydrogen) atoms. The van der Waals surface area contributed by atoms with E-state index in [-0.39, 0.29) is 25.3 Å². The molecule has 0 bridgehead atoms. The number of halogens is 2. The van der Waals surface area contributed by atoms with Gasteiger partial charge in [0.2, 0.25) is 5.91 Å². The quantitative estimate of drug-likeness (QED) is 0.388. The Morgan fingerprint density at radius 1 is 1.06 bits per heavy atom. The van der Waals surface area contributed by atoms with E-state index in [1.54, 1.807) is 4.90 Å². The number of aryl methyl sites for hydroxylation is 1. The van der Waals surface area contributed by atoms with Crippen LogP contribution in [0.15, 0.2) is 42.5 Å². The number of unbranched alkanes of at least 4 members (excludes halogenated alkanes) is 1. The summed E-state index contributed by atoms with van der Waals surface area (Å²) in [6.07, 6.45) is 2.53. The van der Waals surface area contributed by atoms with Gasteiger partial charge < -0.3 is 15.4 Å². The summed E-state index contributed by atoms with van der Waals surface area (Å²) in [5.41, 5.74) is 8.95. The van der Waals surface area contributed by atoms with Gasteiger partial charge in [-0.2, -0.15) is 0 Å². The predicted molar refractivity (Wildman–Crippen MR) is 137 cm³/mol. The normalized spacial score (nSPS) is 13.9. The number of nitrogens with two attached hydrogens (primary N) is 1. The summed E-state index contributed by atoms with van der Waals surface area (Å²) in [6.45, 7) is 4.70. The van der Waals surface area contributed by atoms with Crippen LogP contribution in [0.1, 0.15) is 49.8 Å². The number of ether oxygens (including phenoxy) is 1. The van der Waals surface area contributed by atoms with Gasteiger partial charge in [0, 0.05) is 61.0 Å². The fourth-order valence-corrected chi connectivity index (χ4v) is 5.14. The first-order chi connectivity index (χ1) is 16.7. The molecule has 194 valence electrons. The Morgan fingerprint density at radius 2 is 1.74 bits per heavy atom. The summed E-state index contributed by atoms with van der Waals surface area (Å²) >= 11 is 0. The van der Waals surface area contributed by atoms with E-state index in [1.807, 2.05) is 25.1 Å². The van der Waals surface area contributed by atoms with Crippen LogP contribution in [0.5, 0.6) is 0 Å². The van der Waals surface area contributed by atoms with Gasteiger partial charge in [0.05, 0.1) is 6.10 Å². The topological polar surface area (TPSA) is 72.6 Å². The average molecular weight is 509 g/mol. The lowest BCUT2D eigenvalue weighted by Gasteiger charge is -2.30. The van der Waals surface area contributed by atoms with Crippen molar-refractivity contribution in [1.29, 1.82) is 0 Å². The van der Waals surface area contributed by atoms with E-state index in [4.69, 9.17) is 10.5 Å². The number of rotatable bonds is 15. The van der Waals surface area contributed by atoms with Crippen molar-refractivity contribution in [2.24, 2.45) is 5.73 Å². The molecule has 0 aliphatic heterocycles. The number of hydrogen-bond acceptors (Lipinski definition) is 4. The lowest BCUT2D eigenvalue weighted by molar-refractivity contribution is -0.133. The fraction of sp³-hybridized carbons (Fsp3) is 0.519.